The highest BCUT2D eigenvalue weighted by atomic mass is 28.4. The molecule has 0 amide bonds. The zero-order valence-electron chi connectivity index (χ0n) is 35.8. The van der Waals surface area contributed by atoms with E-state index in [2.05, 4.69) is 101 Å². The first-order chi connectivity index (χ1) is 23.2. The van der Waals surface area contributed by atoms with Gasteiger partial charge in [0, 0.05) is 37.9 Å². The molecule has 4 rings (SSSR count). The van der Waals surface area contributed by atoms with Gasteiger partial charge in [-0.2, -0.15) is 0 Å². The highest BCUT2D eigenvalue weighted by Gasteiger charge is 2.58. The molecule has 9 atom stereocenters. The van der Waals surface area contributed by atoms with Gasteiger partial charge in [0.05, 0.1) is 36.6 Å². The predicted molar refractivity (Wildman–Crippen MR) is 217 cm³/mol. The fourth-order valence-corrected chi connectivity index (χ4v) is 11.5. The van der Waals surface area contributed by atoms with Crippen LogP contribution in [0.15, 0.2) is 23.3 Å². The third-order valence-electron chi connectivity index (χ3n) is 15.3. The van der Waals surface area contributed by atoms with Crippen molar-refractivity contribution >= 4 is 16.6 Å². The molecule has 4 unspecified atom stereocenters. The van der Waals surface area contributed by atoms with Gasteiger partial charge in [0.2, 0.25) is 0 Å². The molecule has 3 saturated carbocycles. The van der Waals surface area contributed by atoms with Gasteiger partial charge in [-0.15, -0.1) is 0 Å². The molecule has 6 nitrogen and oxygen atoms in total. The minimum Gasteiger partial charge on any atom is -0.414 e. The Balaban J connectivity index is 1.49. The van der Waals surface area contributed by atoms with Gasteiger partial charge in [0.15, 0.2) is 16.6 Å². The molecule has 0 spiro atoms. The first kappa shape index (κ1) is 43.4. The molecule has 0 bridgehead atoms. The van der Waals surface area contributed by atoms with Gasteiger partial charge in [0.25, 0.3) is 0 Å². The lowest BCUT2D eigenvalue weighted by Crippen LogP contribution is -2.53. The van der Waals surface area contributed by atoms with Crippen molar-refractivity contribution in [3.63, 3.8) is 0 Å². The van der Waals surface area contributed by atoms with Crippen molar-refractivity contribution in [3.05, 3.63) is 23.3 Å². The molecule has 4 aliphatic carbocycles. The number of aliphatic hydroxyl groups is 2. The van der Waals surface area contributed by atoms with Crippen LogP contribution in [0, 0.1) is 28.6 Å². The van der Waals surface area contributed by atoms with Gasteiger partial charge >= 0.3 is 0 Å². The van der Waals surface area contributed by atoms with E-state index in [1.807, 2.05) is 13.8 Å². The van der Waals surface area contributed by atoms with Crippen LogP contribution in [0.1, 0.15) is 134 Å². The summed E-state index contributed by atoms with van der Waals surface area (Å²) in [5.41, 5.74) is 1.53. The van der Waals surface area contributed by atoms with Gasteiger partial charge in [-0.25, -0.2) is 0 Å². The second-order valence-electron chi connectivity index (χ2n) is 21.4. The molecule has 4 aliphatic rings. The summed E-state index contributed by atoms with van der Waals surface area (Å²) >= 11 is 0. The van der Waals surface area contributed by atoms with Crippen molar-refractivity contribution in [1.29, 1.82) is 0 Å². The lowest BCUT2D eigenvalue weighted by atomic mass is 9.49. The molecule has 0 heterocycles. The van der Waals surface area contributed by atoms with E-state index >= 15 is 0 Å². The number of allylic oxidation sites excluding steroid dienone is 3. The van der Waals surface area contributed by atoms with Crippen LogP contribution < -0.4 is 0 Å². The van der Waals surface area contributed by atoms with Gasteiger partial charge in [-0.3, -0.25) is 0 Å². The average molecular weight is 749 g/mol. The van der Waals surface area contributed by atoms with Crippen LogP contribution in [0.4, 0.5) is 0 Å². The molecule has 2 N–H and O–H groups in total. The van der Waals surface area contributed by atoms with Crippen LogP contribution in [-0.4, -0.2) is 76.7 Å². The van der Waals surface area contributed by atoms with Gasteiger partial charge in [0.1, 0.15) is 0 Å². The topological polar surface area (TPSA) is 77.4 Å². The fourth-order valence-electron chi connectivity index (χ4n) is 9.27. The van der Waals surface area contributed by atoms with E-state index in [0.717, 1.165) is 18.8 Å². The first-order valence-electron chi connectivity index (χ1n) is 20.6. The van der Waals surface area contributed by atoms with Crippen molar-refractivity contribution in [3.8, 4) is 0 Å². The average Bonchev–Trinajstić information content (AvgIpc) is 3.35. The summed E-state index contributed by atoms with van der Waals surface area (Å²) in [6, 6.07) is 0. The Labute approximate surface area is 316 Å². The molecular weight excluding hydrogens is 669 g/mol. The van der Waals surface area contributed by atoms with Crippen LogP contribution in [-0.2, 0) is 18.3 Å². The summed E-state index contributed by atoms with van der Waals surface area (Å²) in [6.07, 6.45) is 14.2. The number of rotatable bonds is 15. The van der Waals surface area contributed by atoms with Crippen LogP contribution in [0.25, 0.3) is 0 Å². The maximum Gasteiger partial charge on any atom is 0.192 e. The first-order valence-corrected chi connectivity index (χ1v) is 26.4. The Morgan fingerprint density at radius 2 is 1.27 bits per heavy atom. The van der Waals surface area contributed by atoms with Gasteiger partial charge in [-0.05, 0) is 105 Å². The maximum atomic E-state index is 11.5. The van der Waals surface area contributed by atoms with Crippen LogP contribution >= 0.6 is 0 Å². The highest BCUT2D eigenvalue weighted by molar-refractivity contribution is 6.74. The Kier molecular flexibility index (Phi) is 13.0. The SMILES string of the molecule is CC[C@H]1CC[C@H]2C3=CC=C4CC(OCCC(C)(O)CO[Si](C)(C)C(C)(C)C)CC(OCCC(C)(O)CO[Si](C)(C)C(C)(C)C)[C@]4(C)[C@H]3CC[C@]12C. The number of hydrogen-bond acceptors (Lipinski definition) is 6. The van der Waals surface area contributed by atoms with Crippen molar-refractivity contribution in [1.82, 2.24) is 0 Å². The van der Waals surface area contributed by atoms with Gasteiger partial charge < -0.3 is 28.5 Å². The lowest BCUT2D eigenvalue weighted by Gasteiger charge is -2.57. The molecule has 51 heavy (non-hydrogen) atoms. The smallest absolute Gasteiger partial charge is 0.192 e. The molecule has 0 radical (unpaired) electrons. The Morgan fingerprint density at radius 1 is 0.745 bits per heavy atom. The Hall–Kier alpha value is -0.326. The largest absolute Gasteiger partial charge is 0.414 e. The second-order valence-corrected chi connectivity index (χ2v) is 31.0. The van der Waals surface area contributed by atoms with Crippen LogP contribution in [0.2, 0.25) is 36.3 Å². The molecule has 0 aromatic rings. The normalized spacial score (nSPS) is 34.1. The minimum absolute atomic E-state index is 0.0107. The zero-order valence-corrected chi connectivity index (χ0v) is 37.8. The quantitative estimate of drug-likeness (QED) is 0.162. The molecule has 8 heteroatoms. The molecule has 0 saturated heterocycles. The lowest BCUT2D eigenvalue weighted by molar-refractivity contribution is -0.120. The van der Waals surface area contributed by atoms with Crippen LogP contribution in [0.3, 0.4) is 0 Å². The molecule has 296 valence electrons. The zero-order chi connectivity index (χ0) is 38.5. The van der Waals surface area contributed by atoms with E-state index in [0.29, 0.717) is 56.5 Å². The third-order valence-corrected chi connectivity index (χ3v) is 24.3. The summed E-state index contributed by atoms with van der Waals surface area (Å²) in [6.45, 7) is 35.2. The monoisotopic (exact) mass is 749 g/mol. The summed E-state index contributed by atoms with van der Waals surface area (Å²) in [5.74, 6) is 1.96. The molecule has 0 aliphatic heterocycles. The van der Waals surface area contributed by atoms with E-state index < -0.39 is 27.8 Å². The maximum absolute atomic E-state index is 11.5. The van der Waals surface area contributed by atoms with Crippen molar-refractivity contribution < 1.29 is 28.5 Å². The van der Waals surface area contributed by atoms with E-state index in [1.165, 1.54) is 37.7 Å². The summed E-state index contributed by atoms with van der Waals surface area (Å²) in [5, 5.41) is 22.9. The molecule has 0 aromatic heterocycles. The van der Waals surface area contributed by atoms with Crippen molar-refractivity contribution in [2.45, 2.75) is 194 Å². The highest BCUT2D eigenvalue weighted by Crippen LogP contribution is 2.65. The van der Waals surface area contributed by atoms with E-state index in [1.54, 1.807) is 5.57 Å². The predicted octanol–water partition coefficient (Wildman–Crippen LogP) is 10.6. The Morgan fingerprint density at radius 3 is 1.78 bits per heavy atom. The van der Waals surface area contributed by atoms with E-state index in [9.17, 15) is 10.2 Å². The number of hydrogen-bond donors (Lipinski definition) is 2. The third kappa shape index (κ3) is 9.39. The molecule has 3 fully saturated rings. The van der Waals surface area contributed by atoms with Crippen molar-refractivity contribution in [2.24, 2.45) is 28.6 Å². The second kappa shape index (κ2) is 15.3. The Bertz CT molecular complexity index is 1260. The van der Waals surface area contributed by atoms with Crippen LogP contribution in [0.5, 0.6) is 0 Å². The van der Waals surface area contributed by atoms with Gasteiger partial charge in [-0.1, -0.05) is 92.0 Å². The minimum atomic E-state index is -1.98. The van der Waals surface area contributed by atoms with Crippen molar-refractivity contribution in [2.75, 3.05) is 26.4 Å². The summed E-state index contributed by atoms with van der Waals surface area (Å²) in [4.78, 5) is 0. The molecular formula is C43H80O6Si2. The summed E-state index contributed by atoms with van der Waals surface area (Å²) in [7, 11) is -3.94. The standard InChI is InChI=1S/C43H80O6Si2/c1-16-31-18-20-35-34-19-17-32-27-33(46-25-23-40(8,44)29-48-50(12,13)38(2,3)4)28-37(43(32,11)36(34)21-22-42(31,35)10)47-26-24-41(9,45)30-49-51(14,15)39(5,6)7/h17,19,31,33,35-37,44-45H,16,18,20-30H2,1-15H3/t31-,33?,35-,36-,37?,40?,41?,42+,43-/m0/s1. The number of ether oxygens (including phenoxy) is 2. The fraction of sp³-hybridized carbons (Fsp3) is 0.907. The van der Waals surface area contributed by atoms with E-state index in [4.69, 9.17) is 18.3 Å². The van der Waals surface area contributed by atoms with E-state index in [-0.39, 0.29) is 27.7 Å². The number of fused-ring (bicyclic) bond motifs is 5. The summed E-state index contributed by atoms with van der Waals surface area (Å²) < 4.78 is 26.5. The molecule has 0 aromatic carbocycles.